The van der Waals surface area contributed by atoms with Crippen LogP contribution in [0.25, 0.3) is 11.3 Å². The van der Waals surface area contributed by atoms with Crippen molar-refractivity contribution in [2.24, 2.45) is 5.73 Å². The van der Waals surface area contributed by atoms with Gasteiger partial charge in [-0.3, -0.25) is 4.79 Å². The Kier molecular flexibility index (Phi) is 6.80. The number of aromatic nitrogens is 1. The number of nitrogens with one attached hydrogen (secondary N) is 1. The van der Waals surface area contributed by atoms with Crippen molar-refractivity contribution >= 4 is 17.3 Å². The van der Waals surface area contributed by atoms with Gasteiger partial charge in [0.05, 0.1) is 11.8 Å². The second-order valence-corrected chi connectivity index (χ2v) is 7.51. The quantitative estimate of drug-likeness (QED) is 0.343. The predicted molar refractivity (Wildman–Crippen MR) is 128 cm³/mol. The van der Waals surface area contributed by atoms with Crippen LogP contribution in [-0.2, 0) is 6.42 Å². The third kappa shape index (κ3) is 5.56. The van der Waals surface area contributed by atoms with Crippen LogP contribution in [0.1, 0.15) is 22.5 Å². The van der Waals surface area contributed by atoms with Gasteiger partial charge in [0.1, 0.15) is 23.0 Å². The number of hydrogen-bond acceptors (Lipinski definition) is 5. The van der Waals surface area contributed by atoms with Crippen LogP contribution >= 0.6 is 0 Å². The first-order chi connectivity index (χ1) is 16.5. The Hall–Kier alpha value is -4.70. The number of halogens is 1. The maximum absolute atomic E-state index is 13.1. The maximum atomic E-state index is 13.1. The lowest BCUT2D eigenvalue weighted by Gasteiger charge is -2.13. The molecule has 0 radical (unpaired) electrons. The molecule has 0 atom stereocenters. The van der Waals surface area contributed by atoms with Crippen LogP contribution in [0, 0.1) is 17.1 Å². The molecular formula is C27H21FN4O2. The van der Waals surface area contributed by atoms with Gasteiger partial charge >= 0.3 is 0 Å². The van der Waals surface area contributed by atoms with Crippen LogP contribution in [0.15, 0.2) is 84.9 Å². The molecule has 0 unspecified atom stereocenters. The Labute approximate surface area is 196 Å². The van der Waals surface area contributed by atoms with Crippen molar-refractivity contribution in [3.05, 3.63) is 102 Å². The Morgan fingerprint density at radius 2 is 1.68 bits per heavy atom. The minimum Gasteiger partial charge on any atom is -0.457 e. The van der Waals surface area contributed by atoms with Crippen LogP contribution in [0.4, 0.5) is 15.8 Å². The summed E-state index contributed by atoms with van der Waals surface area (Å²) >= 11 is 0. The summed E-state index contributed by atoms with van der Waals surface area (Å²) in [6.45, 7) is 0. The highest BCUT2D eigenvalue weighted by atomic mass is 19.1. The van der Waals surface area contributed by atoms with Crippen molar-refractivity contribution in [1.29, 1.82) is 5.26 Å². The molecule has 34 heavy (non-hydrogen) atoms. The number of amides is 1. The summed E-state index contributed by atoms with van der Waals surface area (Å²) in [5.41, 5.74) is 9.45. The number of carbonyl (C=O) groups is 1. The van der Waals surface area contributed by atoms with Gasteiger partial charge in [0.25, 0.3) is 5.91 Å². The van der Waals surface area contributed by atoms with Gasteiger partial charge in [-0.1, -0.05) is 18.2 Å². The second-order valence-electron chi connectivity index (χ2n) is 7.51. The molecule has 168 valence electrons. The first-order valence-corrected chi connectivity index (χ1v) is 10.6. The lowest BCUT2D eigenvalue weighted by molar-refractivity contribution is 0.0995. The molecule has 0 bridgehead atoms. The number of nitriles is 1. The Morgan fingerprint density at radius 1 is 1.00 bits per heavy atom. The second kappa shape index (κ2) is 10.3. The molecule has 1 aromatic heterocycles. The number of para-hydroxylation sites is 1. The van der Waals surface area contributed by atoms with Gasteiger partial charge in [0.15, 0.2) is 0 Å². The number of aryl methyl sites for hydroxylation is 1. The van der Waals surface area contributed by atoms with Gasteiger partial charge in [-0.25, -0.2) is 9.37 Å². The van der Waals surface area contributed by atoms with Gasteiger partial charge in [-0.15, -0.1) is 0 Å². The zero-order valence-electron chi connectivity index (χ0n) is 18.2. The molecule has 0 saturated carbocycles. The number of pyridine rings is 1. The van der Waals surface area contributed by atoms with Crippen molar-refractivity contribution in [3.63, 3.8) is 0 Å². The molecule has 3 aromatic carbocycles. The molecule has 0 aliphatic rings. The third-order valence-electron chi connectivity index (χ3n) is 5.08. The fourth-order valence-corrected chi connectivity index (χ4v) is 3.42. The number of ether oxygens (including phenoxy) is 1. The molecule has 7 heteroatoms. The van der Waals surface area contributed by atoms with Crippen molar-refractivity contribution in [3.8, 4) is 28.8 Å². The zero-order chi connectivity index (χ0) is 23.9. The fourth-order valence-electron chi connectivity index (χ4n) is 3.42. The van der Waals surface area contributed by atoms with E-state index in [1.54, 1.807) is 30.3 Å². The highest BCUT2D eigenvalue weighted by molar-refractivity contribution is 5.93. The molecule has 0 saturated heterocycles. The summed E-state index contributed by atoms with van der Waals surface area (Å²) in [6, 6.07) is 26.2. The first-order valence-electron chi connectivity index (χ1n) is 10.6. The zero-order valence-corrected chi connectivity index (χ0v) is 18.2. The number of benzene rings is 3. The lowest BCUT2D eigenvalue weighted by atomic mass is 10.1. The van der Waals surface area contributed by atoms with E-state index in [9.17, 15) is 9.18 Å². The normalized spacial score (nSPS) is 10.4. The van der Waals surface area contributed by atoms with Gasteiger partial charge in [0.2, 0.25) is 0 Å². The summed E-state index contributed by atoms with van der Waals surface area (Å²) in [6.07, 6.45) is 1.01. The lowest BCUT2D eigenvalue weighted by Crippen LogP contribution is -2.14. The Morgan fingerprint density at radius 3 is 2.35 bits per heavy atom. The highest BCUT2D eigenvalue weighted by Crippen LogP contribution is 2.29. The van der Waals surface area contributed by atoms with E-state index in [1.165, 1.54) is 12.1 Å². The van der Waals surface area contributed by atoms with Crippen LogP contribution in [0.2, 0.25) is 0 Å². The molecule has 0 aliphatic carbocycles. The van der Waals surface area contributed by atoms with Crippen LogP contribution < -0.4 is 15.8 Å². The standard InChI is InChI=1S/C27H21FN4O2/c28-20-9-13-23(14-10-20)34-22-11-7-19(8-12-22)25-16-21(17-26(32-25)27(30)33)31-24-6-2-1-4-18(24)5-3-15-29/h1-2,4,6-14,16-17H,3,5H2,(H2,30,33)(H,31,32). The minimum absolute atomic E-state index is 0.126. The molecule has 0 spiro atoms. The monoisotopic (exact) mass is 452 g/mol. The largest absolute Gasteiger partial charge is 0.457 e. The highest BCUT2D eigenvalue weighted by Gasteiger charge is 2.11. The molecule has 4 rings (SSSR count). The fraction of sp³-hybridized carbons (Fsp3) is 0.0741. The topological polar surface area (TPSA) is 101 Å². The molecule has 3 N–H and O–H groups in total. The molecule has 0 fully saturated rings. The smallest absolute Gasteiger partial charge is 0.267 e. The molecule has 4 aromatic rings. The molecule has 1 heterocycles. The van der Waals surface area contributed by atoms with Crippen molar-refractivity contribution in [1.82, 2.24) is 4.98 Å². The van der Waals surface area contributed by atoms with Gasteiger partial charge in [-0.05, 0) is 78.7 Å². The van der Waals surface area contributed by atoms with E-state index in [-0.39, 0.29) is 11.5 Å². The van der Waals surface area contributed by atoms with E-state index in [2.05, 4.69) is 16.4 Å². The minimum atomic E-state index is -0.640. The van der Waals surface area contributed by atoms with Gasteiger partial charge in [-0.2, -0.15) is 5.26 Å². The first kappa shape index (κ1) is 22.5. The van der Waals surface area contributed by atoms with Gasteiger partial charge in [0, 0.05) is 23.4 Å². The number of anilines is 2. The summed E-state index contributed by atoms with van der Waals surface area (Å²) < 4.78 is 18.8. The van der Waals surface area contributed by atoms with E-state index in [4.69, 9.17) is 15.7 Å². The summed E-state index contributed by atoms with van der Waals surface area (Å²) in [4.78, 5) is 16.3. The van der Waals surface area contributed by atoms with Crippen molar-refractivity contribution < 1.29 is 13.9 Å². The third-order valence-corrected chi connectivity index (χ3v) is 5.08. The molecule has 1 amide bonds. The van der Waals surface area contributed by atoms with E-state index in [1.807, 2.05) is 42.5 Å². The summed E-state index contributed by atoms with van der Waals surface area (Å²) in [7, 11) is 0. The SMILES string of the molecule is N#CCCc1ccccc1Nc1cc(C(N)=O)nc(-c2ccc(Oc3ccc(F)cc3)cc2)c1. The maximum Gasteiger partial charge on any atom is 0.267 e. The van der Waals surface area contributed by atoms with Crippen LogP contribution in [-0.4, -0.2) is 10.9 Å². The van der Waals surface area contributed by atoms with Crippen molar-refractivity contribution in [2.45, 2.75) is 12.8 Å². The number of rotatable bonds is 8. The Balaban J connectivity index is 1.61. The number of nitrogens with two attached hydrogens (primary N) is 1. The van der Waals surface area contributed by atoms with E-state index in [0.717, 1.165) is 16.8 Å². The van der Waals surface area contributed by atoms with E-state index in [0.29, 0.717) is 35.7 Å². The van der Waals surface area contributed by atoms with Crippen molar-refractivity contribution in [2.75, 3.05) is 5.32 Å². The molecule has 0 aliphatic heterocycles. The Bertz CT molecular complexity index is 1350. The number of carbonyl (C=O) groups excluding carboxylic acids is 1. The average Bonchev–Trinajstić information content (AvgIpc) is 2.85. The number of hydrogen-bond donors (Lipinski definition) is 2. The van der Waals surface area contributed by atoms with E-state index >= 15 is 0 Å². The molecular weight excluding hydrogens is 431 g/mol. The summed E-state index contributed by atoms with van der Waals surface area (Å²) in [5.74, 6) is 0.120. The van der Waals surface area contributed by atoms with Crippen LogP contribution in [0.3, 0.4) is 0 Å². The number of primary amides is 1. The summed E-state index contributed by atoms with van der Waals surface area (Å²) in [5, 5.41) is 12.3. The van der Waals surface area contributed by atoms with E-state index < -0.39 is 5.91 Å². The van der Waals surface area contributed by atoms with Gasteiger partial charge < -0.3 is 15.8 Å². The number of nitrogens with zero attached hydrogens (tertiary/aromatic N) is 2. The average molecular weight is 452 g/mol. The predicted octanol–water partition coefficient (Wildman–Crippen LogP) is 5.98. The van der Waals surface area contributed by atoms with Crippen LogP contribution in [0.5, 0.6) is 11.5 Å². The molecule has 6 nitrogen and oxygen atoms in total.